The maximum absolute atomic E-state index is 16.2. The van der Waals surface area contributed by atoms with Crippen LogP contribution in [-0.4, -0.2) is 76.8 Å². The van der Waals surface area contributed by atoms with Crippen molar-refractivity contribution in [1.82, 2.24) is 19.9 Å². The van der Waals surface area contributed by atoms with Crippen LogP contribution in [0.3, 0.4) is 0 Å². The first-order valence-electron chi connectivity index (χ1n) is 15.1. The second kappa shape index (κ2) is 14.2. The lowest BCUT2D eigenvalue weighted by Gasteiger charge is -2.27. The smallest absolute Gasteiger partial charge is 0.227 e. The molecule has 3 aromatic heterocycles. The van der Waals surface area contributed by atoms with Crippen molar-refractivity contribution in [3.8, 4) is 21.8 Å². The van der Waals surface area contributed by atoms with Gasteiger partial charge in [0.1, 0.15) is 22.3 Å². The molecule has 2 N–H and O–H groups in total. The van der Waals surface area contributed by atoms with Crippen LogP contribution >= 0.6 is 11.3 Å². The minimum absolute atomic E-state index is 0.0905. The summed E-state index contributed by atoms with van der Waals surface area (Å²) in [7, 11) is -2.42. The van der Waals surface area contributed by atoms with Crippen LogP contribution in [0.15, 0.2) is 71.9 Å². The van der Waals surface area contributed by atoms with Gasteiger partial charge in [0, 0.05) is 37.9 Å². The van der Waals surface area contributed by atoms with Gasteiger partial charge in [0.15, 0.2) is 21.9 Å². The number of morpholine rings is 2. The molecule has 5 heterocycles. The lowest BCUT2D eigenvalue weighted by molar-refractivity contribution is 0.122. The Morgan fingerprint density at radius 1 is 0.812 bits per heavy atom. The third-order valence-electron chi connectivity index (χ3n) is 7.69. The van der Waals surface area contributed by atoms with Gasteiger partial charge in [-0.05, 0) is 42.5 Å². The molecule has 1 unspecified atom stereocenters. The molecule has 5 aromatic rings. The number of anilines is 5. The van der Waals surface area contributed by atoms with Crippen molar-refractivity contribution in [2.24, 2.45) is 0 Å². The first-order chi connectivity index (χ1) is 23.4. The van der Waals surface area contributed by atoms with Crippen molar-refractivity contribution in [1.29, 1.82) is 0 Å². The van der Waals surface area contributed by atoms with E-state index in [0.29, 0.717) is 72.5 Å². The van der Waals surface area contributed by atoms with Gasteiger partial charge in [-0.2, -0.15) is 0 Å². The SMILES string of the molecule is O=S(Nc1cccc(-c2nc(N3CCOCC3)sc2-c2ccnc(Nc3ccc(N4CCOCC4)nc3)n2)c1F)c1c(F)cccc1F. The highest BCUT2D eigenvalue weighted by Crippen LogP contribution is 2.42. The highest BCUT2D eigenvalue weighted by molar-refractivity contribution is 7.86. The Bertz CT molecular complexity index is 1920. The molecule has 0 spiro atoms. The lowest BCUT2D eigenvalue weighted by Crippen LogP contribution is -2.36. The monoisotopic (exact) mass is 694 g/mol. The van der Waals surface area contributed by atoms with E-state index in [-0.39, 0.29) is 11.3 Å². The standard InChI is InChI=1S/C32H29F3N8O3S2/c33-22-4-2-5-23(34)30(22)48(44)41-24-6-1-3-21(27(24)35)28-29(47-32(40-28)43-13-17-46-18-14-43)25-9-10-36-31(39-25)38-20-7-8-26(37-19-20)42-11-15-45-16-12-42/h1-10,19,41H,11-18H2,(H,36,38,39). The van der Waals surface area contributed by atoms with Crippen molar-refractivity contribution in [2.75, 3.05) is 72.4 Å². The summed E-state index contributed by atoms with van der Waals surface area (Å²) in [6, 6.07) is 13.1. The molecule has 2 aliphatic heterocycles. The van der Waals surface area contributed by atoms with Gasteiger partial charge in [0.05, 0.1) is 60.3 Å². The highest BCUT2D eigenvalue weighted by atomic mass is 32.2. The minimum atomic E-state index is -2.42. The zero-order valence-corrected chi connectivity index (χ0v) is 27.0. The van der Waals surface area contributed by atoms with Crippen LogP contribution in [0.2, 0.25) is 0 Å². The summed E-state index contributed by atoms with van der Waals surface area (Å²) in [5.74, 6) is -1.65. The third-order valence-corrected chi connectivity index (χ3v) is 9.99. The van der Waals surface area contributed by atoms with Crippen LogP contribution in [0, 0.1) is 17.5 Å². The molecular weight excluding hydrogens is 666 g/mol. The maximum Gasteiger partial charge on any atom is 0.227 e. The van der Waals surface area contributed by atoms with Gasteiger partial charge in [0.2, 0.25) is 5.95 Å². The number of hydrogen-bond donors (Lipinski definition) is 2. The summed E-state index contributed by atoms with van der Waals surface area (Å²) in [4.78, 5) is 22.6. The van der Waals surface area contributed by atoms with Crippen molar-refractivity contribution >= 4 is 50.6 Å². The Balaban J connectivity index is 1.20. The van der Waals surface area contributed by atoms with E-state index < -0.39 is 33.3 Å². The summed E-state index contributed by atoms with van der Waals surface area (Å²) in [5, 5.41) is 3.84. The fourth-order valence-corrected chi connectivity index (χ4v) is 7.32. The highest BCUT2D eigenvalue weighted by Gasteiger charge is 2.25. The summed E-state index contributed by atoms with van der Waals surface area (Å²) < 4.78 is 71.1. The van der Waals surface area contributed by atoms with Crippen LogP contribution in [0.5, 0.6) is 0 Å². The Kier molecular flexibility index (Phi) is 9.47. The molecule has 0 bridgehead atoms. The summed E-state index contributed by atoms with van der Waals surface area (Å²) in [5.41, 5.74) is 1.36. The molecule has 0 radical (unpaired) electrons. The molecule has 2 fully saturated rings. The van der Waals surface area contributed by atoms with Crippen LogP contribution in [-0.2, 0) is 20.5 Å². The largest absolute Gasteiger partial charge is 0.378 e. The molecule has 7 rings (SSSR count). The normalized spacial score (nSPS) is 15.7. The van der Waals surface area contributed by atoms with Gasteiger partial charge in [-0.25, -0.2) is 37.3 Å². The number of halogens is 3. The van der Waals surface area contributed by atoms with Crippen molar-refractivity contribution < 1.29 is 26.9 Å². The average molecular weight is 695 g/mol. The van der Waals surface area contributed by atoms with Gasteiger partial charge >= 0.3 is 0 Å². The molecule has 11 nitrogen and oxygen atoms in total. The van der Waals surface area contributed by atoms with E-state index in [1.54, 1.807) is 24.5 Å². The molecular formula is C32H29F3N8O3S2. The first kappa shape index (κ1) is 31.9. The Labute approximate surface area is 280 Å². The number of nitrogens with zero attached hydrogens (tertiary/aromatic N) is 6. The topological polar surface area (TPSA) is 118 Å². The van der Waals surface area contributed by atoms with Gasteiger partial charge in [0.25, 0.3) is 0 Å². The number of aromatic nitrogens is 4. The van der Waals surface area contributed by atoms with E-state index in [1.165, 1.54) is 23.5 Å². The Morgan fingerprint density at radius 2 is 1.52 bits per heavy atom. The fourth-order valence-electron chi connectivity index (χ4n) is 5.27. The van der Waals surface area contributed by atoms with Crippen molar-refractivity contribution in [2.45, 2.75) is 4.90 Å². The van der Waals surface area contributed by atoms with E-state index in [1.807, 2.05) is 12.1 Å². The van der Waals surface area contributed by atoms with Crippen molar-refractivity contribution in [3.63, 3.8) is 0 Å². The average Bonchev–Trinajstić information content (AvgIpc) is 3.56. The zero-order chi connectivity index (χ0) is 33.0. The van der Waals surface area contributed by atoms with Crippen molar-refractivity contribution in [3.05, 3.63) is 84.4 Å². The summed E-state index contributed by atoms with van der Waals surface area (Å²) in [6.07, 6.45) is 3.30. The quantitative estimate of drug-likeness (QED) is 0.201. The Morgan fingerprint density at radius 3 is 2.23 bits per heavy atom. The predicted molar refractivity (Wildman–Crippen MR) is 179 cm³/mol. The van der Waals surface area contributed by atoms with Gasteiger partial charge in [-0.1, -0.05) is 23.5 Å². The summed E-state index contributed by atoms with van der Waals surface area (Å²) in [6.45, 7) is 5.13. The van der Waals surface area contributed by atoms with Crippen LogP contribution < -0.4 is 19.8 Å². The lowest BCUT2D eigenvalue weighted by atomic mass is 10.1. The van der Waals surface area contributed by atoms with Crippen LogP contribution in [0.1, 0.15) is 0 Å². The van der Waals surface area contributed by atoms with Gasteiger partial charge < -0.3 is 24.6 Å². The second-order valence-electron chi connectivity index (χ2n) is 10.8. The maximum atomic E-state index is 16.2. The molecule has 0 saturated carbocycles. The number of rotatable bonds is 9. The molecule has 248 valence electrons. The number of benzene rings is 2. The zero-order valence-electron chi connectivity index (χ0n) is 25.4. The molecule has 48 heavy (non-hydrogen) atoms. The number of ether oxygens (including phenoxy) is 2. The van der Waals surface area contributed by atoms with E-state index in [9.17, 15) is 13.0 Å². The predicted octanol–water partition coefficient (Wildman–Crippen LogP) is 5.63. The molecule has 2 aromatic carbocycles. The first-order valence-corrected chi connectivity index (χ1v) is 17.1. The van der Waals surface area contributed by atoms with E-state index in [4.69, 9.17) is 19.4 Å². The molecule has 2 saturated heterocycles. The second-order valence-corrected chi connectivity index (χ2v) is 12.9. The van der Waals surface area contributed by atoms with Crippen LogP contribution in [0.4, 0.5) is 41.4 Å². The number of thiazole rings is 1. The number of pyridine rings is 1. The molecule has 2 aliphatic rings. The molecule has 0 aliphatic carbocycles. The van der Waals surface area contributed by atoms with Gasteiger partial charge in [-0.15, -0.1) is 0 Å². The van der Waals surface area contributed by atoms with Gasteiger partial charge in [-0.3, -0.25) is 4.72 Å². The number of hydrogen-bond acceptors (Lipinski definition) is 11. The molecule has 0 amide bonds. The molecule has 1 atom stereocenters. The van der Waals surface area contributed by atoms with E-state index in [0.717, 1.165) is 37.1 Å². The summed E-state index contributed by atoms with van der Waals surface area (Å²) >= 11 is 1.34. The third kappa shape index (κ3) is 6.82. The number of nitrogens with one attached hydrogen (secondary N) is 2. The Hall–Kier alpha value is -4.64. The van der Waals surface area contributed by atoms with Crippen LogP contribution in [0.25, 0.3) is 21.8 Å². The van der Waals surface area contributed by atoms with E-state index in [2.05, 4.69) is 29.8 Å². The molecule has 16 heteroatoms. The fraction of sp³-hybridized carbons (Fsp3) is 0.250. The van der Waals surface area contributed by atoms with E-state index >= 15 is 4.39 Å². The minimum Gasteiger partial charge on any atom is -0.378 e.